The SMILES string of the molecule is COc1ccc(C[C@H](CC(=O)O)NCc2ccccc2)cc1OC. The van der Waals surface area contributed by atoms with E-state index < -0.39 is 5.97 Å². The Morgan fingerprint density at radius 3 is 2.38 bits per heavy atom. The lowest BCUT2D eigenvalue weighted by Gasteiger charge is -2.18. The van der Waals surface area contributed by atoms with Crippen LogP contribution in [-0.2, 0) is 17.8 Å². The highest BCUT2D eigenvalue weighted by atomic mass is 16.5. The van der Waals surface area contributed by atoms with Crippen molar-refractivity contribution in [1.82, 2.24) is 5.32 Å². The zero-order chi connectivity index (χ0) is 17.4. The Bertz CT molecular complexity index is 658. The monoisotopic (exact) mass is 329 g/mol. The number of nitrogens with one attached hydrogen (secondary N) is 1. The topological polar surface area (TPSA) is 67.8 Å². The van der Waals surface area contributed by atoms with Crippen LogP contribution >= 0.6 is 0 Å². The molecule has 0 aliphatic heterocycles. The normalized spacial score (nSPS) is 11.8. The van der Waals surface area contributed by atoms with Gasteiger partial charge in [-0.3, -0.25) is 4.79 Å². The molecule has 2 rings (SSSR count). The second-order valence-corrected chi connectivity index (χ2v) is 5.55. The summed E-state index contributed by atoms with van der Waals surface area (Å²) in [5.74, 6) is 0.487. The Hall–Kier alpha value is -2.53. The van der Waals surface area contributed by atoms with Gasteiger partial charge in [0.15, 0.2) is 11.5 Å². The predicted molar refractivity (Wildman–Crippen MR) is 92.6 cm³/mol. The first-order valence-electron chi connectivity index (χ1n) is 7.82. The molecule has 128 valence electrons. The molecule has 2 N–H and O–H groups in total. The van der Waals surface area contributed by atoms with Gasteiger partial charge in [-0.2, -0.15) is 0 Å². The van der Waals surface area contributed by atoms with Crippen molar-refractivity contribution in [2.45, 2.75) is 25.4 Å². The number of rotatable bonds is 9. The minimum absolute atomic E-state index is 0.0567. The maximum absolute atomic E-state index is 11.2. The Labute approximate surface area is 142 Å². The largest absolute Gasteiger partial charge is 0.493 e. The van der Waals surface area contributed by atoms with Gasteiger partial charge in [-0.25, -0.2) is 0 Å². The first kappa shape index (κ1) is 17.8. The maximum atomic E-state index is 11.2. The molecule has 0 heterocycles. The van der Waals surface area contributed by atoms with Gasteiger partial charge in [0.1, 0.15) is 0 Å². The molecule has 0 bridgehead atoms. The highest BCUT2D eigenvalue weighted by Crippen LogP contribution is 2.28. The molecule has 0 amide bonds. The van der Waals surface area contributed by atoms with Crippen molar-refractivity contribution in [2.24, 2.45) is 0 Å². The average Bonchev–Trinajstić information content (AvgIpc) is 2.60. The molecule has 24 heavy (non-hydrogen) atoms. The van der Waals surface area contributed by atoms with Crippen molar-refractivity contribution >= 4 is 5.97 Å². The fraction of sp³-hybridized carbons (Fsp3) is 0.316. The number of carboxylic acid groups (broad SMARTS) is 1. The molecule has 0 aliphatic rings. The molecule has 0 aliphatic carbocycles. The molecule has 0 fully saturated rings. The molecule has 5 nitrogen and oxygen atoms in total. The number of aliphatic carboxylic acids is 1. The zero-order valence-electron chi connectivity index (χ0n) is 14.0. The summed E-state index contributed by atoms with van der Waals surface area (Å²) >= 11 is 0. The van der Waals surface area contributed by atoms with Gasteiger partial charge < -0.3 is 19.9 Å². The summed E-state index contributed by atoms with van der Waals surface area (Å²) in [5.41, 5.74) is 2.12. The minimum atomic E-state index is -0.818. The lowest BCUT2D eigenvalue weighted by molar-refractivity contribution is -0.137. The van der Waals surface area contributed by atoms with E-state index in [9.17, 15) is 4.79 Å². The van der Waals surface area contributed by atoms with E-state index in [-0.39, 0.29) is 12.5 Å². The van der Waals surface area contributed by atoms with Gasteiger partial charge >= 0.3 is 5.97 Å². The Morgan fingerprint density at radius 1 is 1.04 bits per heavy atom. The summed E-state index contributed by atoms with van der Waals surface area (Å²) in [6.07, 6.45) is 0.653. The van der Waals surface area contributed by atoms with Crippen LogP contribution in [0.1, 0.15) is 17.5 Å². The van der Waals surface area contributed by atoms with E-state index in [1.807, 2.05) is 48.5 Å². The molecule has 0 unspecified atom stereocenters. The van der Waals surface area contributed by atoms with Gasteiger partial charge in [-0.15, -0.1) is 0 Å². The van der Waals surface area contributed by atoms with Crippen LogP contribution in [0.3, 0.4) is 0 Å². The van der Waals surface area contributed by atoms with E-state index in [0.29, 0.717) is 24.5 Å². The van der Waals surface area contributed by atoms with Gasteiger partial charge in [0.05, 0.1) is 20.6 Å². The fourth-order valence-electron chi connectivity index (χ4n) is 2.58. The zero-order valence-corrected chi connectivity index (χ0v) is 14.0. The highest BCUT2D eigenvalue weighted by Gasteiger charge is 2.15. The molecule has 1 atom stereocenters. The van der Waals surface area contributed by atoms with E-state index in [2.05, 4.69) is 5.32 Å². The first-order valence-corrected chi connectivity index (χ1v) is 7.82. The summed E-state index contributed by atoms with van der Waals surface area (Å²) in [6.45, 7) is 0.631. The average molecular weight is 329 g/mol. The highest BCUT2D eigenvalue weighted by molar-refractivity contribution is 5.67. The second-order valence-electron chi connectivity index (χ2n) is 5.55. The van der Waals surface area contributed by atoms with Gasteiger partial charge in [0.25, 0.3) is 0 Å². The molecule has 2 aromatic rings. The van der Waals surface area contributed by atoms with Gasteiger partial charge in [-0.05, 0) is 29.7 Å². The standard InChI is InChI=1S/C19H23NO4/c1-23-17-9-8-15(11-18(17)24-2)10-16(12-19(21)22)20-13-14-6-4-3-5-7-14/h3-9,11,16,20H,10,12-13H2,1-2H3,(H,21,22)/t16-/m1/s1. The van der Waals surface area contributed by atoms with Crippen molar-refractivity contribution in [3.8, 4) is 11.5 Å². The quantitative estimate of drug-likeness (QED) is 0.740. The summed E-state index contributed by atoms with van der Waals surface area (Å²) in [6, 6.07) is 15.4. The third-order valence-corrected chi connectivity index (χ3v) is 3.79. The minimum Gasteiger partial charge on any atom is -0.493 e. The lowest BCUT2D eigenvalue weighted by Crippen LogP contribution is -2.33. The van der Waals surface area contributed by atoms with Gasteiger partial charge in [-0.1, -0.05) is 36.4 Å². The summed E-state index contributed by atoms with van der Waals surface area (Å²) in [4.78, 5) is 11.2. The number of hydrogen-bond acceptors (Lipinski definition) is 4. The fourth-order valence-corrected chi connectivity index (χ4v) is 2.58. The van der Waals surface area contributed by atoms with E-state index in [1.165, 1.54) is 0 Å². The number of carboxylic acids is 1. The van der Waals surface area contributed by atoms with Crippen molar-refractivity contribution in [3.05, 3.63) is 59.7 Å². The van der Waals surface area contributed by atoms with Gasteiger partial charge in [0.2, 0.25) is 0 Å². The molecule has 0 radical (unpaired) electrons. The number of ether oxygens (including phenoxy) is 2. The molecule has 0 saturated carbocycles. The molecule has 0 aromatic heterocycles. The molecule has 2 aromatic carbocycles. The number of carbonyl (C=O) groups is 1. The summed E-state index contributed by atoms with van der Waals surface area (Å²) in [7, 11) is 3.18. The second kappa shape index (κ2) is 8.93. The Morgan fingerprint density at radius 2 is 1.75 bits per heavy atom. The summed E-state index contributed by atoms with van der Waals surface area (Å²) in [5, 5.41) is 12.5. The smallest absolute Gasteiger partial charge is 0.304 e. The molecular weight excluding hydrogens is 306 g/mol. The van der Waals surface area contributed by atoms with Crippen molar-refractivity contribution in [2.75, 3.05) is 14.2 Å². The number of hydrogen-bond donors (Lipinski definition) is 2. The molecule has 0 saturated heterocycles. The Balaban J connectivity index is 2.06. The number of benzene rings is 2. The van der Waals surface area contributed by atoms with Crippen LogP contribution in [-0.4, -0.2) is 31.3 Å². The van der Waals surface area contributed by atoms with Crippen LogP contribution < -0.4 is 14.8 Å². The number of methoxy groups -OCH3 is 2. The molecule has 0 spiro atoms. The predicted octanol–water partition coefficient (Wildman–Crippen LogP) is 2.88. The van der Waals surface area contributed by atoms with Gasteiger partial charge in [0, 0.05) is 12.6 Å². The van der Waals surface area contributed by atoms with Crippen LogP contribution in [0.2, 0.25) is 0 Å². The van der Waals surface area contributed by atoms with Crippen LogP contribution in [0.15, 0.2) is 48.5 Å². The molecular formula is C19H23NO4. The van der Waals surface area contributed by atoms with E-state index in [0.717, 1.165) is 11.1 Å². The van der Waals surface area contributed by atoms with E-state index in [1.54, 1.807) is 14.2 Å². The van der Waals surface area contributed by atoms with Crippen molar-refractivity contribution in [1.29, 1.82) is 0 Å². The van der Waals surface area contributed by atoms with Crippen LogP contribution in [0.25, 0.3) is 0 Å². The maximum Gasteiger partial charge on any atom is 0.304 e. The third kappa shape index (κ3) is 5.28. The van der Waals surface area contributed by atoms with Crippen LogP contribution in [0.4, 0.5) is 0 Å². The van der Waals surface area contributed by atoms with E-state index in [4.69, 9.17) is 14.6 Å². The summed E-state index contributed by atoms with van der Waals surface area (Å²) < 4.78 is 10.5. The van der Waals surface area contributed by atoms with Crippen LogP contribution in [0, 0.1) is 0 Å². The Kier molecular flexibility index (Phi) is 6.63. The van der Waals surface area contributed by atoms with Crippen molar-refractivity contribution < 1.29 is 19.4 Å². The molecule has 5 heteroatoms. The lowest BCUT2D eigenvalue weighted by atomic mass is 10.0. The van der Waals surface area contributed by atoms with Crippen molar-refractivity contribution in [3.63, 3.8) is 0 Å². The first-order chi connectivity index (χ1) is 11.6. The van der Waals surface area contributed by atoms with E-state index >= 15 is 0 Å². The van der Waals surface area contributed by atoms with Crippen LogP contribution in [0.5, 0.6) is 11.5 Å². The third-order valence-electron chi connectivity index (χ3n) is 3.79.